The van der Waals surface area contributed by atoms with Gasteiger partial charge in [-0.1, -0.05) is 60.7 Å². The van der Waals surface area contributed by atoms with Crippen molar-refractivity contribution in [2.75, 3.05) is 0 Å². The Morgan fingerprint density at radius 3 is 0.902 bits per heavy atom. The highest BCUT2D eigenvalue weighted by atomic mass is 32.1. The van der Waals surface area contributed by atoms with Crippen molar-refractivity contribution >= 4 is 184 Å². The van der Waals surface area contributed by atoms with Crippen LogP contribution in [0.3, 0.4) is 0 Å². The van der Waals surface area contributed by atoms with E-state index in [0.717, 1.165) is 82.2 Å². The fourth-order valence-corrected chi connectivity index (χ4v) is 17.7. The Hall–Kier alpha value is -8.73. The maximum atomic E-state index is 9.50. The minimum atomic E-state index is 0.464. The summed E-state index contributed by atoms with van der Waals surface area (Å²) in [6.07, 6.45) is 0. The first-order valence-electron chi connectivity index (χ1n) is 29.2. The Morgan fingerprint density at radius 2 is 0.620 bits per heavy atom. The zero-order valence-electron chi connectivity index (χ0n) is 53.4. The first kappa shape index (κ1) is 67.7. The van der Waals surface area contributed by atoms with Gasteiger partial charge in [-0.2, -0.15) is 30.5 Å². The molecule has 12 aromatic rings. The van der Waals surface area contributed by atoms with Gasteiger partial charge in [0.1, 0.15) is 0 Å². The van der Waals surface area contributed by atoms with Crippen molar-refractivity contribution in [3.05, 3.63) is 216 Å². The lowest BCUT2D eigenvalue weighted by Gasteiger charge is -2.08. The number of fused-ring (bicyclic) bond motifs is 4. The molecule has 7 nitrogen and oxygen atoms in total. The van der Waals surface area contributed by atoms with Gasteiger partial charge in [0.25, 0.3) is 0 Å². The van der Waals surface area contributed by atoms with Gasteiger partial charge in [0.2, 0.25) is 5.69 Å². The second kappa shape index (κ2) is 29.3. The molecule has 452 valence electrons. The third kappa shape index (κ3) is 13.5. The second-order valence-electron chi connectivity index (χ2n) is 22.5. The minimum Gasteiger partial charge on any atom is -0.236 e. The second-order valence-corrected chi connectivity index (χ2v) is 27.3. The van der Waals surface area contributed by atoms with Crippen molar-refractivity contribution < 1.29 is 0 Å². The molecule has 0 radical (unpaired) electrons. The van der Waals surface area contributed by atoms with Crippen molar-refractivity contribution in [1.82, 2.24) is 0 Å². The van der Waals surface area contributed by atoms with E-state index in [1.807, 2.05) is 110 Å². The SMILES string of the molecule is Cc1cc(C#N)c(C)c2c(C)c(-c3ccc(N=C=S)cc3)sc12.Cc1cc(C)c2sc(-c3ccc(N=C=S)cc3)c(C)c2c1C.Cc1cc(C)c2sc(-c3ccc(N=C=S)cc3)c(C)c2c1C.[C-]#[N+]c1c(C#N)c(C)c2c(C)c(-c3ccc(N=C=S)cc3)sc2c1C. The molecule has 0 unspecified atom stereocenters. The van der Waals surface area contributed by atoms with Crippen LogP contribution in [0, 0.1) is 126 Å². The molecule has 4 heterocycles. The highest BCUT2D eigenvalue weighted by Crippen LogP contribution is 2.48. The number of thiocarbonyl (C=S) groups is 4. The van der Waals surface area contributed by atoms with E-state index in [1.165, 1.54) is 106 Å². The van der Waals surface area contributed by atoms with Gasteiger partial charge in [-0.05, 0) is 317 Å². The number of hydrogen-bond donors (Lipinski definition) is 0. The molecular weight excluding hydrogens is 1280 g/mol. The topological polar surface area (TPSA) is 101 Å². The Labute approximate surface area is 575 Å². The van der Waals surface area contributed by atoms with Crippen molar-refractivity contribution in [2.45, 2.75) is 96.9 Å². The molecule has 0 fully saturated rings. The van der Waals surface area contributed by atoms with Crippen LogP contribution in [0.15, 0.2) is 135 Å². The lowest BCUT2D eigenvalue weighted by molar-refractivity contribution is 1.34. The van der Waals surface area contributed by atoms with Crippen LogP contribution in [0.5, 0.6) is 0 Å². The van der Waals surface area contributed by atoms with Crippen LogP contribution in [0.1, 0.15) is 89.0 Å². The highest BCUT2D eigenvalue weighted by Gasteiger charge is 2.22. The molecule has 92 heavy (non-hydrogen) atoms. The van der Waals surface area contributed by atoms with Crippen LogP contribution in [-0.2, 0) is 0 Å². The molecule has 0 saturated heterocycles. The zero-order valence-corrected chi connectivity index (χ0v) is 59.9. The molecule has 8 aromatic carbocycles. The number of hydrogen-bond acceptors (Lipinski definition) is 14. The van der Waals surface area contributed by atoms with Crippen molar-refractivity contribution in [3.8, 4) is 53.9 Å². The minimum absolute atomic E-state index is 0.464. The van der Waals surface area contributed by atoms with E-state index in [1.54, 1.807) is 22.7 Å². The molecule has 0 amide bonds. The summed E-state index contributed by atoms with van der Waals surface area (Å²) < 4.78 is 5.14. The Morgan fingerprint density at radius 1 is 0.337 bits per heavy atom. The van der Waals surface area contributed by atoms with Crippen LogP contribution in [-0.4, -0.2) is 20.6 Å². The van der Waals surface area contributed by atoms with Gasteiger partial charge in [0.05, 0.1) is 73.2 Å². The van der Waals surface area contributed by atoms with Gasteiger partial charge < -0.3 is 0 Å². The summed E-state index contributed by atoms with van der Waals surface area (Å²) in [4.78, 5) is 24.7. The molecule has 0 aliphatic carbocycles. The fourth-order valence-electron chi connectivity index (χ4n) is 11.9. The van der Waals surface area contributed by atoms with Gasteiger partial charge in [-0.15, -0.1) is 45.3 Å². The highest BCUT2D eigenvalue weighted by molar-refractivity contribution is 7.78. The van der Waals surface area contributed by atoms with Gasteiger partial charge in [0, 0.05) is 43.7 Å². The third-order valence-corrected chi connectivity index (χ3v) is 23.1. The average molecular weight is 1340 g/mol. The van der Waals surface area contributed by atoms with Gasteiger partial charge in [-0.3, -0.25) is 0 Å². The Balaban J connectivity index is 0.000000145. The van der Waals surface area contributed by atoms with Gasteiger partial charge in [-0.25, -0.2) is 4.85 Å². The monoisotopic (exact) mass is 1340 g/mol. The molecule has 0 bridgehead atoms. The number of benzene rings is 8. The first-order valence-corrected chi connectivity index (χ1v) is 34.0. The predicted molar refractivity (Wildman–Crippen MR) is 410 cm³/mol. The maximum Gasteiger partial charge on any atom is 0.209 e. The number of aryl methyl sites for hydroxylation is 14. The lowest BCUT2D eigenvalue weighted by Crippen LogP contribution is -1.89. The molecule has 0 saturated carbocycles. The number of nitrogens with zero attached hydrogens (tertiary/aromatic N) is 7. The average Bonchev–Trinajstić information content (AvgIpc) is 1.62. The molecule has 4 aromatic heterocycles. The molecule has 12 rings (SSSR count). The Bertz CT molecular complexity index is 5120. The summed E-state index contributed by atoms with van der Waals surface area (Å²) in [5.74, 6) is 0. The third-order valence-electron chi connectivity index (χ3n) is 16.8. The molecular formula is C77H61N7S8. The standard InChI is InChI=1S/C20H13N3S2.C19H14N2S2.2C19H17NS2/c1-11-16(9-21)18(22-4)13(3)20-17(11)12(2)19(25-20)14-5-7-15(8-6-14)23-10-24;1-11-8-15(9-20)12(2)17-13(3)19(23-18(11)17)14-4-6-16(7-5-14)21-10-22;2*1-11-9-12(2)18-17(13(11)3)14(4)19(22-18)15-5-7-16(8-6-15)20-10-21/h5-8H,1-3H3;4-8H,1-3H3;2*5-9H,1-4H3. The number of thiophene rings is 4. The number of nitriles is 2. The summed E-state index contributed by atoms with van der Waals surface area (Å²) >= 11 is 25.8. The van der Waals surface area contributed by atoms with Crippen LogP contribution in [0.2, 0.25) is 0 Å². The summed E-state index contributed by atoms with van der Waals surface area (Å²) in [6.45, 7) is 37.3. The first-order chi connectivity index (χ1) is 44.1. The Kier molecular flexibility index (Phi) is 21.5. The van der Waals surface area contributed by atoms with E-state index >= 15 is 0 Å². The molecule has 15 heteroatoms. The van der Waals surface area contributed by atoms with Crippen molar-refractivity contribution in [1.29, 1.82) is 10.5 Å². The molecule has 0 spiro atoms. The number of rotatable bonds is 8. The normalized spacial score (nSPS) is 10.5. The van der Waals surface area contributed by atoms with E-state index in [0.29, 0.717) is 11.3 Å². The smallest absolute Gasteiger partial charge is 0.209 e. The van der Waals surface area contributed by atoms with Gasteiger partial charge >= 0.3 is 0 Å². The quantitative estimate of drug-likeness (QED) is 0.0853. The van der Waals surface area contributed by atoms with E-state index in [4.69, 9.17) is 6.57 Å². The zero-order chi connectivity index (χ0) is 66.4. The summed E-state index contributed by atoms with van der Waals surface area (Å²) in [5, 5.41) is 33.5. The number of isothiocyanates is 4. The predicted octanol–water partition coefficient (Wildman–Crippen LogP) is 25.8. The molecule has 0 atom stereocenters. The van der Waals surface area contributed by atoms with E-state index in [2.05, 4.69) is 231 Å². The molecule has 0 N–H and O–H groups in total. The molecule has 0 aliphatic rings. The van der Waals surface area contributed by atoms with Crippen LogP contribution in [0.4, 0.5) is 28.4 Å². The van der Waals surface area contributed by atoms with Crippen LogP contribution >= 0.6 is 94.2 Å². The summed E-state index contributed by atoms with van der Waals surface area (Å²) in [5.41, 5.74) is 27.0. The largest absolute Gasteiger partial charge is 0.236 e. The van der Waals surface area contributed by atoms with E-state index in [9.17, 15) is 10.5 Å². The van der Waals surface area contributed by atoms with E-state index < -0.39 is 0 Å². The van der Waals surface area contributed by atoms with Crippen molar-refractivity contribution in [2.24, 2.45) is 20.0 Å². The van der Waals surface area contributed by atoms with E-state index in [-0.39, 0.29) is 0 Å². The number of aliphatic imine (C=N–C) groups is 4. The molecule has 0 aliphatic heterocycles. The van der Waals surface area contributed by atoms with Gasteiger partial charge in [0.15, 0.2) is 0 Å². The lowest BCUT2D eigenvalue weighted by atomic mass is 9.96. The summed E-state index contributed by atoms with van der Waals surface area (Å²) in [6, 6.07) is 43.3. The van der Waals surface area contributed by atoms with Crippen molar-refractivity contribution in [3.63, 3.8) is 0 Å². The van der Waals surface area contributed by atoms with Crippen LogP contribution < -0.4 is 0 Å². The summed E-state index contributed by atoms with van der Waals surface area (Å²) in [7, 11) is 0. The van der Waals surface area contributed by atoms with Crippen LogP contribution in [0.25, 0.3) is 87.0 Å². The maximum absolute atomic E-state index is 9.50. The fraction of sp³-hybridized carbons (Fsp3) is 0.182.